The van der Waals surface area contributed by atoms with E-state index in [0.29, 0.717) is 36.2 Å². The fourth-order valence-corrected chi connectivity index (χ4v) is 3.25. The van der Waals surface area contributed by atoms with Gasteiger partial charge >= 0.3 is 12.1 Å². The van der Waals surface area contributed by atoms with Gasteiger partial charge in [0.15, 0.2) is 11.9 Å². The van der Waals surface area contributed by atoms with Crippen LogP contribution in [0.5, 0.6) is 11.5 Å². The third-order valence-corrected chi connectivity index (χ3v) is 5.35. The normalized spacial score (nSPS) is 12.1. The van der Waals surface area contributed by atoms with E-state index in [-0.39, 0.29) is 18.4 Å². The summed E-state index contributed by atoms with van der Waals surface area (Å²) in [5.41, 5.74) is 0.887. The minimum atomic E-state index is -0.985. The van der Waals surface area contributed by atoms with Gasteiger partial charge < -0.3 is 24.2 Å². The number of hydrogen-bond acceptors (Lipinski definition) is 5. The zero-order valence-corrected chi connectivity index (χ0v) is 21.0. The number of halogens is 1. The van der Waals surface area contributed by atoms with Gasteiger partial charge in [0, 0.05) is 19.6 Å². The van der Waals surface area contributed by atoms with E-state index in [1.165, 1.54) is 0 Å². The van der Waals surface area contributed by atoms with E-state index in [0.717, 1.165) is 12.0 Å². The van der Waals surface area contributed by atoms with Crippen LogP contribution >= 0.6 is 11.6 Å². The van der Waals surface area contributed by atoms with Crippen LogP contribution in [0.15, 0.2) is 48.5 Å². The highest BCUT2D eigenvalue weighted by Gasteiger charge is 2.21. The fraction of sp³-hybridized carbons (Fsp3) is 0.462. The molecule has 0 aliphatic rings. The quantitative estimate of drug-likeness (QED) is 0.410. The monoisotopic (exact) mass is 491 g/mol. The molecule has 0 radical (unpaired) electrons. The first-order valence-corrected chi connectivity index (χ1v) is 11.7. The van der Waals surface area contributed by atoms with Crippen molar-refractivity contribution in [1.82, 2.24) is 4.90 Å². The van der Waals surface area contributed by atoms with Crippen molar-refractivity contribution in [3.05, 3.63) is 59.1 Å². The first-order chi connectivity index (χ1) is 16.1. The van der Waals surface area contributed by atoms with Crippen LogP contribution in [-0.4, -0.2) is 54.5 Å². The Morgan fingerprint density at radius 1 is 1.06 bits per heavy atom. The third-order valence-electron chi connectivity index (χ3n) is 5.04. The van der Waals surface area contributed by atoms with Gasteiger partial charge in [-0.1, -0.05) is 56.6 Å². The number of para-hydroxylation sites is 1. The second kappa shape index (κ2) is 13.2. The van der Waals surface area contributed by atoms with Gasteiger partial charge in [-0.05, 0) is 48.6 Å². The summed E-state index contributed by atoms with van der Waals surface area (Å²) < 4.78 is 16.6. The number of aliphatic carboxylic acids is 1. The maximum Gasteiger partial charge on any atom is 0.415 e. The Bertz CT molecular complexity index is 926. The van der Waals surface area contributed by atoms with E-state index in [2.05, 4.69) is 20.8 Å². The summed E-state index contributed by atoms with van der Waals surface area (Å²) in [7, 11) is 0. The van der Waals surface area contributed by atoms with Crippen LogP contribution in [0, 0.1) is 5.41 Å². The number of ether oxygens (including phenoxy) is 3. The van der Waals surface area contributed by atoms with Crippen molar-refractivity contribution in [3.63, 3.8) is 0 Å². The number of hydrogen-bond donors (Lipinski definition) is 1. The molecule has 0 heterocycles. The van der Waals surface area contributed by atoms with E-state index in [1.807, 2.05) is 12.1 Å². The Kier molecular flexibility index (Phi) is 10.7. The number of amides is 1. The fourth-order valence-electron chi connectivity index (χ4n) is 3.08. The summed E-state index contributed by atoms with van der Waals surface area (Å²) in [6.07, 6.45) is -0.286. The van der Waals surface area contributed by atoms with Crippen molar-refractivity contribution in [2.75, 3.05) is 26.3 Å². The highest BCUT2D eigenvalue weighted by molar-refractivity contribution is 6.32. The zero-order valence-electron chi connectivity index (χ0n) is 20.3. The lowest BCUT2D eigenvalue weighted by molar-refractivity contribution is -0.149. The van der Waals surface area contributed by atoms with Gasteiger partial charge in [0.25, 0.3) is 0 Å². The maximum atomic E-state index is 12.8. The minimum absolute atomic E-state index is 0.0505. The number of carbonyl (C=O) groups is 2. The number of rotatable bonds is 12. The first kappa shape index (κ1) is 27.5. The van der Waals surface area contributed by atoms with E-state index < -0.39 is 18.2 Å². The summed E-state index contributed by atoms with van der Waals surface area (Å²) in [4.78, 5) is 25.7. The van der Waals surface area contributed by atoms with Crippen LogP contribution < -0.4 is 9.47 Å². The van der Waals surface area contributed by atoms with E-state index in [4.69, 9.17) is 25.8 Å². The predicted molar refractivity (Wildman–Crippen MR) is 132 cm³/mol. The van der Waals surface area contributed by atoms with E-state index in [9.17, 15) is 14.7 Å². The smallest absolute Gasteiger partial charge is 0.415 e. The molecule has 0 aromatic heterocycles. The third kappa shape index (κ3) is 9.61. The molecule has 8 heteroatoms. The predicted octanol–water partition coefficient (Wildman–Crippen LogP) is 5.69. The Morgan fingerprint density at radius 2 is 1.74 bits per heavy atom. The van der Waals surface area contributed by atoms with Crippen LogP contribution in [0.1, 0.15) is 39.7 Å². The van der Waals surface area contributed by atoms with Crippen molar-refractivity contribution >= 4 is 23.7 Å². The van der Waals surface area contributed by atoms with Crippen molar-refractivity contribution in [1.29, 1.82) is 0 Å². The standard InChI is InChI=1S/C26H34ClNO6/c1-5-32-23(24(29)30)18-19-10-12-20(13-11-19)33-17-16-28(15-14-26(2,3)4)25(31)34-22-9-7-6-8-21(22)27/h6-13,23H,5,14-18H2,1-4H3,(H,29,30). The average molecular weight is 492 g/mol. The lowest BCUT2D eigenvalue weighted by atomic mass is 9.92. The van der Waals surface area contributed by atoms with Crippen LogP contribution in [-0.2, 0) is 16.0 Å². The number of nitrogens with zero attached hydrogens (tertiary/aromatic N) is 1. The van der Waals surface area contributed by atoms with Crippen molar-refractivity contribution in [2.24, 2.45) is 5.41 Å². The maximum absolute atomic E-state index is 12.8. The molecular formula is C26H34ClNO6. The second-order valence-electron chi connectivity index (χ2n) is 9.07. The molecule has 1 N–H and O–H groups in total. The lowest BCUT2D eigenvalue weighted by Gasteiger charge is -2.26. The Hall–Kier alpha value is -2.77. The molecular weight excluding hydrogens is 458 g/mol. The lowest BCUT2D eigenvalue weighted by Crippen LogP contribution is -2.38. The molecule has 0 fully saturated rings. The van der Waals surface area contributed by atoms with Gasteiger partial charge in [0.05, 0.1) is 11.6 Å². The molecule has 1 unspecified atom stereocenters. The molecule has 34 heavy (non-hydrogen) atoms. The zero-order chi connectivity index (χ0) is 25.1. The number of benzene rings is 2. The molecule has 0 spiro atoms. The highest BCUT2D eigenvalue weighted by atomic mass is 35.5. The number of carboxylic acids is 1. The van der Waals surface area contributed by atoms with Gasteiger partial charge in [-0.2, -0.15) is 0 Å². The molecule has 7 nitrogen and oxygen atoms in total. The summed E-state index contributed by atoms with van der Waals surface area (Å²) >= 11 is 6.13. The largest absolute Gasteiger partial charge is 0.492 e. The molecule has 0 aliphatic carbocycles. The number of carboxylic acid groups (broad SMARTS) is 1. The summed E-state index contributed by atoms with van der Waals surface area (Å²) in [6, 6.07) is 14.0. The highest BCUT2D eigenvalue weighted by Crippen LogP contribution is 2.25. The van der Waals surface area contributed by atoms with Crippen LogP contribution in [0.4, 0.5) is 4.79 Å². The molecule has 0 saturated heterocycles. The van der Waals surface area contributed by atoms with Gasteiger partial charge in [0.1, 0.15) is 12.4 Å². The molecule has 2 aromatic carbocycles. The Labute approximate surface area is 206 Å². The minimum Gasteiger partial charge on any atom is -0.492 e. The van der Waals surface area contributed by atoms with Gasteiger partial charge in [-0.15, -0.1) is 0 Å². The van der Waals surface area contributed by atoms with Crippen molar-refractivity contribution in [3.8, 4) is 11.5 Å². The number of carbonyl (C=O) groups excluding carboxylic acids is 1. The summed E-state index contributed by atoms with van der Waals surface area (Å²) in [5.74, 6) is -0.0402. The molecule has 2 rings (SSSR count). The summed E-state index contributed by atoms with van der Waals surface area (Å²) in [6.45, 7) is 9.58. The second-order valence-corrected chi connectivity index (χ2v) is 9.48. The van der Waals surface area contributed by atoms with Gasteiger partial charge in [-0.3, -0.25) is 0 Å². The van der Waals surface area contributed by atoms with Gasteiger partial charge in [-0.25, -0.2) is 9.59 Å². The molecule has 1 atom stereocenters. The first-order valence-electron chi connectivity index (χ1n) is 11.4. The molecule has 0 saturated carbocycles. The average Bonchev–Trinajstić information content (AvgIpc) is 2.77. The van der Waals surface area contributed by atoms with E-state index in [1.54, 1.807) is 48.2 Å². The Morgan fingerprint density at radius 3 is 2.32 bits per heavy atom. The SMILES string of the molecule is CCOC(Cc1ccc(OCCN(CCC(C)(C)C)C(=O)Oc2ccccc2Cl)cc1)C(=O)O. The van der Waals surface area contributed by atoms with E-state index >= 15 is 0 Å². The molecule has 2 aromatic rings. The molecule has 1 amide bonds. The van der Waals surface area contributed by atoms with Crippen molar-refractivity contribution < 1.29 is 28.9 Å². The molecule has 186 valence electrons. The van der Waals surface area contributed by atoms with Crippen LogP contribution in [0.2, 0.25) is 5.02 Å². The molecule has 0 bridgehead atoms. The van der Waals surface area contributed by atoms with Crippen LogP contribution in [0.25, 0.3) is 0 Å². The van der Waals surface area contributed by atoms with Crippen molar-refractivity contribution in [2.45, 2.75) is 46.6 Å². The molecule has 0 aliphatic heterocycles. The topological polar surface area (TPSA) is 85.3 Å². The van der Waals surface area contributed by atoms with Gasteiger partial charge in [0.2, 0.25) is 0 Å². The summed E-state index contributed by atoms with van der Waals surface area (Å²) in [5, 5.41) is 9.61. The Balaban J connectivity index is 1.95. The van der Waals surface area contributed by atoms with Crippen LogP contribution in [0.3, 0.4) is 0 Å².